The molecular weight excluding hydrogens is 278 g/mol. The highest BCUT2D eigenvalue weighted by molar-refractivity contribution is 5.96. The van der Waals surface area contributed by atoms with Crippen LogP contribution in [0.15, 0.2) is 18.5 Å². The van der Waals surface area contributed by atoms with Crippen molar-refractivity contribution < 1.29 is 4.79 Å². The van der Waals surface area contributed by atoms with Crippen LogP contribution >= 0.6 is 0 Å². The fourth-order valence-corrected chi connectivity index (χ4v) is 3.01. The van der Waals surface area contributed by atoms with E-state index in [4.69, 9.17) is 0 Å². The molecule has 22 heavy (non-hydrogen) atoms. The van der Waals surface area contributed by atoms with Crippen LogP contribution in [0.4, 0.5) is 0 Å². The van der Waals surface area contributed by atoms with E-state index in [2.05, 4.69) is 29.2 Å². The van der Waals surface area contributed by atoms with E-state index in [0.29, 0.717) is 11.6 Å². The molecule has 2 aromatic rings. The molecule has 1 N–H and O–H groups in total. The van der Waals surface area contributed by atoms with E-state index in [0.717, 1.165) is 37.0 Å². The van der Waals surface area contributed by atoms with Gasteiger partial charge in [0.15, 0.2) is 5.65 Å². The van der Waals surface area contributed by atoms with Crippen LogP contribution in [0, 0.1) is 0 Å². The summed E-state index contributed by atoms with van der Waals surface area (Å²) in [6, 6.07) is 2.54. The maximum atomic E-state index is 12.7. The lowest BCUT2D eigenvalue weighted by Gasteiger charge is -2.32. The van der Waals surface area contributed by atoms with Gasteiger partial charge in [0.25, 0.3) is 5.91 Å². The van der Waals surface area contributed by atoms with Gasteiger partial charge in [-0.1, -0.05) is 0 Å². The van der Waals surface area contributed by atoms with Crippen molar-refractivity contribution in [3.8, 4) is 0 Å². The second-order valence-corrected chi connectivity index (χ2v) is 6.20. The fourth-order valence-electron chi connectivity index (χ4n) is 3.01. The SMILES string of the molecule is CNC1CCCN(C(=O)c2cnc3c(cnn3C(C)C)c2)C1. The molecule has 3 rings (SSSR count). The molecule has 1 saturated heterocycles. The number of carbonyl (C=O) groups is 1. The summed E-state index contributed by atoms with van der Waals surface area (Å²) in [4.78, 5) is 19.0. The smallest absolute Gasteiger partial charge is 0.255 e. The molecule has 1 amide bonds. The van der Waals surface area contributed by atoms with E-state index < -0.39 is 0 Å². The van der Waals surface area contributed by atoms with Crippen molar-refractivity contribution in [2.24, 2.45) is 0 Å². The van der Waals surface area contributed by atoms with E-state index in [1.807, 2.05) is 22.7 Å². The summed E-state index contributed by atoms with van der Waals surface area (Å²) >= 11 is 0. The third-order valence-corrected chi connectivity index (χ3v) is 4.29. The molecule has 1 atom stereocenters. The molecule has 0 aromatic carbocycles. The van der Waals surface area contributed by atoms with E-state index in [9.17, 15) is 4.79 Å². The number of likely N-dealkylation sites (N-methyl/N-ethyl adjacent to an activating group) is 1. The maximum Gasteiger partial charge on any atom is 0.255 e. The number of hydrogen-bond donors (Lipinski definition) is 1. The molecule has 1 fully saturated rings. The van der Waals surface area contributed by atoms with Gasteiger partial charge in [0.2, 0.25) is 0 Å². The molecule has 6 nitrogen and oxygen atoms in total. The third-order valence-electron chi connectivity index (χ3n) is 4.29. The fraction of sp³-hybridized carbons (Fsp3) is 0.562. The summed E-state index contributed by atoms with van der Waals surface area (Å²) in [5.74, 6) is 0.0617. The Bertz CT molecular complexity index is 678. The predicted molar refractivity (Wildman–Crippen MR) is 85.9 cm³/mol. The molecule has 0 bridgehead atoms. The number of nitrogens with one attached hydrogen (secondary N) is 1. The topological polar surface area (TPSA) is 63.1 Å². The minimum atomic E-state index is 0.0617. The van der Waals surface area contributed by atoms with E-state index in [1.165, 1.54) is 0 Å². The van der Waals surface area contributed by atoms with E-state index in [1.54, 1.807) is 12.4 Å². The second-order valence-electron chi connectivity index (χ2n) is 6.20. The molecule has 1 unspecified atom stereocenters. The van der Waals surface area contributed by atoms with Crippen molar-refractivity contribution in [3.05, 3.63) is 24.0 Å². The van der Waals surface area contributed by atoms with Crippen LogP contribution in [0.3, 0.4) is 0 Å². The largest absolute Gasteiger partial charge is 0.337 e. The number of aromatic nitrogens is 3. The number of amides is 1. The van der Waals surface area contributed by atoms with Crippen LogP contribution in [0.1, 0.15) is 43.1 Å². The lowest BCUT2D eigenvalue weighted by atomic mass is 10.0. The third kappa shape index (κ3) is 2.70. The van der Waals surface area contributed by atoms with Crippen molar-refractivity contribution in [2.75, 3.05) is 20.1 Å². The van der Waals surface area contributed by atoms with Gasteiger partial charge < -0.3 is 10.2 Å². The first-order valence-corrected chi connectivity index (χ1v) is 7.90. The normalized spacial score (nSPS) is 19.1. The van der Waals surface area contributed by atoms with E-state index >= 15 is 0 Å². The molecule has 3 heterocycles. The highest BCUT2D eigenvalue weighted by Crippen LogP contribution is 2.19. The van der Waals surface area contributed by atoms with Gasteiger partial charge in [-0.15, -0.1) is 0 Å². The molecule has 0 spiro atoms. The van der Waals surface area contributed by atoms with Crippen LogP contribution in [0.5, 0.6) is 0 Å². The van der Waals surface area contributed by atoms with Crippen molar-refractivity contribution >= 4 is 16.9 Å². The molecule has 1 aliphatic rings. The van der Waals surface area contributed by atoms with Crippen molar-refractivity contribution in [3.63, 3.8) is 0 Å². The molecule has 1 aliphatic heterocycles. The Hall–Kier alpha value is -1.95. The average Bonchev–Trinajstić information content (AvgIpc) is 2.97. The Morgan fingerprint density at radius 3 is 2.95 bits per heavy atom. The zero-order valence-corrected chi connectivity index (χ0v) is 13.4. The van der Waals surface area contributed by atoms with Gasteiger partial charge in [0.1, 0.15) is 0 Å². The van der Waals surface area contributed by atoms with Gasteiger partial charge in [-0.25, -0.2) is 9.67 Å². The first-order chi connectivity index (χ1) is 10.6. The van der Waals surface area contributed by atoms with Gasteiger partial charge in [-0.3, -0.25) is 4.79 Å². The number of fused-ring (bicyclic) bond motifs is 1. The van der Waals surface area contributed by atoms with Crippen molar-refractivity contribution in [2.45, 2.75) is 38.8 Å². The quantitative estimate of drug-likeness (QED) is 0.939. The van der Waals surface area contributed by atoms with Gasteiger partial charge >= 0.3 is 0 Å². The molecule has 0 saturated carbocycles. The maximum absolute atomic E-state index is 12.7. The number of carbonyl (C=O) groups excluding carboxylic acids is 1. The number of pyridine rings is 1. The molecule has 0 aliphatic carbocycles. The highest BCUT2D eigenvalue weighted by atomic mass is 16.2. The Kier molecular flexibility index (Phi) is 4.11. The molecule has 2 aromatic heterocycles. The number of piperidine rings is 1. The average molecular weight is 301 g/mol. The summed E-state index contributed by atoms with van der Waals surface area (Å²) in [6.07, 6.45) is 5.62. The van der Waals surface area contributed by atoms with Gasteiger partial charge in [0, 0.05) is 36.8 Å². The summed E-state index contributed by atoms with van der Waals surface area (Å²) < 4.78 is 1.88. The lowest BCUT2D eigenvalue weighted by molar-refractivity contribution is 0.0698. The first-order valence-electron chi connectivity index (χ1n) is 7.90. The van der Waals surface area contributed by atoms with Gasteiger partial charge in [-0.05, 0) is 39.8 Å². The van der Waals surface area contributed by atoms with Crippen molar-refractivity contribution in [1.29, 1.82) is 0 Å². The van der Waals surface area contributed by atoms with Gasteiger partial charge in [0.05, 0.1) is 11.8 Å². The van der Waals surface area contributed by atoms with Crippen LogP contribution in [-0.2, 0) is 0 Å². The Morgan fingerprint density at radius 2 is 2.23 bits per heavy atom. The van der Waals surface area contributed by atoms with E-state index in [-0.39, 0.29) is 11.9 Å². The summed E-state index contributed by atoms with van der Waals surface area (Å²) in [6.45, 7) is 5.72. The summed E-state index contributed by atoms with van der Waals surface area (Å²) in [5, 5.41) is 8.53. The Morgan fingerprint density at radius 1 is 1.41 bits per heavy atom. The summed E-state index contributed by atoms with van der Waals surface area (Å²) in [7, 11) is 1.95. The minimum Gasteiger partial charge on any atom is -0.337 e. The molecular formula is C16H23N5O. The monoisotopic (exact) mass is 301 g/mol. The summed E-state index contributed by atoms with van der Waals surface area (Å²) in [5.41, 5.74) is 1.48. The molecule has 0 radical (unpaired) electrons. The lowest BCUT2D eigenvalue weighted by Crippen LogP contribution is -2.46. The Balaban J connectivity index is 1.85. The number of hydrogen-bond acceptors (Lipinski definition) is 4. The Labute approximate surface area is 130 Å². The predicted octanol–water partition coefficient (Wildman–Crippen LogP) is 1.84. The number of likely N-dealkylation sites (tertiary alicyclic amines) is 1. The van der Waals surface area contributed by atoms with Crippen molar-refractivity contribution in [1.82, 2.24) is 25.0 Å². The first kappa shape index (κ1) is 15.0. The van der Waals surface area contributed by atoms with Crippen LogP contribution in [0.25, 0.3) is 11.0 Å². The zero-order chi connectivity index (χ0) is 15.7. The molecule has 6 heteroatoms. The minimum absolute atomic E-state index is 0.0617. The highest BCUT2D eigenvalue weighted by Gasteiger charge is 2.24. The van der Waals surface area contributed by atoms with Crippen LogP contribution in [-0.4, -0.2) is 51.8 Å². The standard InChI is InChI=1S/C16H23N5O/c1-11(2)21-15-12(9-19-21)7-13(8-18-15)16(22)20-6-4-5-14(10-20)17-3/h7-9,11,14,17H,4-6,10H2,1-3H3. The number of rotatable bonds is 3. The second kappa shape index (κ2) is 6.04. The molecule has 118 valence electrons. The number of nitrogens with zero attached hydrogens (tertiary/aromatic N) is 4. The zero-order valence-electron chi connectivity index (χ0n) is 13.4. The van der Waals surface area contributed by atoms with Crippen LogP contribution in [0.2, 0.25) is 0 Å². The van der Waals surface area contributed by atoms with Crippen LogP contribution < -0.4 is 5.32 Å². The van der Waals surface area contributed by atoms with Gasteiger partial charge in [-0.2, -0.15) is 5.10 Å².